The number of nitrogens with zero attached hydrogens (tertiary/aromatic N) is 3. The SMILES string of the molecule is CC1=Nc2ccccc2C1=Cc1sc(=N)n(-c2nccs2)c1O. The summed E-state index contributed by atoms with van der Waals surface area (Å²) < 4.78 is 1.45. The topological polar surface area (TPSA) is 74.3 Å². The number of benzene rings is 1. The first-order valence-electron chi connectivity index (χ1n) is 6.91. The van der Waals surface area contributed by atoms with E-state index in [0.29, 0.717) is 10.0 Å². The van der Waals surface area contributed by atoms with Crippen LogP contribution in [-0.2, 0) is 0 Å². The molecule has 0 aliphatic carbocycles. The van der Waals surface area contributed by atoms with Crippen LogP contribution in [0.3, 0.4) is 0 Å². The van der Waals surface area contributed by atoms with Gasteiger partial charge >= 0.3 is 0 Å². The molecule has 0 bridgehead atoms. The number of aliphatic imine (C=N–C) groups is 1. The normalized spacial score (nSPS) is 15.0. The maximum atomic E-state index is 10.5. The molecule has 0 radical (unpaired) electrons. The van der Waals surface area contributed by atoms with E-state index in [1.54, 1.807) is 6.20 Å². The summed E-state index contributed by atoms with van der Waals surface area (Å²) in [5.74, 6) is 0.0413. The highest BCUT2D eigenvalue weighted by atomic mass is 32.1. The van der Waals surface area contributed by atoms with Crippen LogP contribution in [0.1, 0.15) is 17.4 Å². The van der Waals surface area contributed by atoms with Crippen molar-refractivity contribution in [1.29, 1.82) is 5.41 Å². The Morgan fingerprint density at radius 1 is 1.30 bits per heavy atom. The van der Waals surface area contributed by atoms with Crippen molar-refractivity contribution in [2.24, 2.45) is 4.99 Å². The summed E-state index contributed by atoms with van der Waals surface area (Å²) in [6, 6.07) is 7.92. The molecule has 1 aliphatic rings. The van der Waals surface area contributed by atoms with Gasteiger partial charge in [0, 0.05) is 28.4 Å². The number of aromatic nitrogens is 2. The molecule has 0 amide bonds. The van der Waals surface area contributed by atoms with Crippen LogP contribution < -0.4 is 4.80 Å². The Morgan fingerprint density at radius 3 is 2.91 bits per heavy atom. The molecule has 1 aliphatic heterocycles. The first-order chi connectivity index (χ1) is 11.1. The van der Waals surface area contributed by atoms with E-state index in [4.69, 9.17) is 5.41 Å². The molecule has 0 saturated carbocycles. The van der Waals surface area contributed by atoms with E-state index in [0.717, 1.165) is 22.5 Å². The molecule has 23 heavy (non-hydrogen) atoms. The molecule has 5 nitrogen and oxygen atoms in total. The van der Waals surface area contributed by atoms with Crippen LogP contribution in [0.5, 0.6) is 5.88 Å². The van der Waals surface area contributed by atoms with Crippen LogP contribution in [0.25, 0.3) is 16.8 Å². The summed E-state index contributed by atoms with van der Waals surface area (Å²) in [4.78, 5) is 9.59. The monoisotopic (exact) mass is 340 g/mol. The number of hydrogen-bond donors (Lipinski definition) is 2. The van der Waals surface area contributed by atoms with Gasteiger partial charge in [-0.3, -0.25) is 10.4 Å². The summed E-state index contributed by atoms with van der Waals surface area (Å²) >= 11 is 2.60. The number of fused-ring (bicyclic) bond motifs is 1. The van der Waals surface area contributed by atoms with E-state index < -0.39 is 0 Å². The second-order valence-electron chi connectivity index (χ2n) is 5.02. The van der Waals surface area contributed by atoms with Crippen LogP contribution in [-0.4, -0.2) is 20.4 Å². The van der Waals surface area contributed by atoms with Gasteiger partial charge in [0.2, 0.25) is 5.88 Å². The third-order valence-corrected chi connectivity index (χ3v) is 5.25. The van der Waals surface area contributed by atoms with Gasteiger partial charge in [0.05, 0.1) is 10.6 Å². The van der Waals surface area contributed by atoms with Gasteiger partial charge in [-0.1, -0.05) is 29.5 Å². The number of allylic oxidation sites excluding steroid dienone is 1. The molecular formula is C16H12N4OS2. The maximum Gasteiger partial charge on any atom is 0.217 e. The van der Waals surface area contributed by atoms with Crippen molar-refractivity contribution >= 4 is 45.7 Å². The van der Waals surface area contributed by atoms with Gasteiger partial charge in [0.25, 0.3) is 0 Å². The number of aromatic hydroxyl groups is 1. The lowest BCUT2D eigenvalue weighted by Gasteiger charge is -2.02. The second-order valence-corrected chi connectivity index (χ2v) is 6.92. The van der Waals surface area contributed by atoms with E-state index in [1.807, 2.05) is 42.6 Å². The van der Waals surface area contributed by atoms with Gasteiger partial charge in [0.15, 0.2) is 9.93 Å². The predicted octanol–water partition coefficient (Wildman–Crippen LogP) is 3.83. The van der Waals surface area contributed by atoms with Gasteiger partial charge in [-0.15, -0.1) is 11.3 Å². The van der Waals surface area contributed by atoms with Gasteiger partial charge in [-0.25, -0.2) is 9.55 Å². The lowest BCUT2D eigenvalue weighted by molar-refractivity contribution is 0.438. The van der Waals surface area contributed by atoms with E-state index >= 15 is 0 Å². The number of nitrogens with one attached hydrogen (secondary N) is 1. The Balaban J connectivity index is 1.87. The van der Waals surface area contributed by atoms with Crippen molar-refractivity contribution in [1.82, 2.24) is 9.55 Å². The average Bonchev–Trinajstić information content (AvgIpc) is 3.21. The Kier molecular flexibility index (Phi) is 3.24. The van der Waals surface area contributed by atoms with E-state index in [2.05, 4.69) is 9.98 Å². The Morgan fingerprint density at radius 2 is 2.13 bits per heavy atom. The second kappa shape index (κ2) is 5.29. The summed E-state index contributed by atoms with van der Waals surface area (Å²) in [7, 11) is 0. The van der Waals surface area contributed by atoms with Crippen molar-refractivity contribution in [2.75, 3.05) is 0 Å². The molecule has 0 atom stereocenters. The quantitative estimate of drug-likeness (QED) is 0.744. The Bertz CT molecular complexity index is 1010. The fourth-order valence-corrected chi connectivity index (χ4v) is 4.09. The van der Waals surface area contributed by atoms with Crippen molar-refractivity contribution in [2.45, 2.75) is 6.92 Å². The van der Waals surface area contributed by atoms with Gasteiger partial charge in [-0.2, -0.15) is 0 Å². The van der Waals surface area contributed by atoms with Crippen LogP contribution in [0.4, 0.5) is 5.69 Å². The van der Waals surface area contributed by atoms with Crippen molar-refractivity contribution in [3.05, 3.63) is 51.1 Å². The molecule has 7 heteroatoms. The predicted molar refractivity (Wildman–Crippen MR) is 93.9 cm³/mol. The molecule has 0 unspecified atom stereocenters. The fraction of sp³-hybridized carbons (Fsp3) is 0.0625. The molecule has 0 fully saturated rings. The largest absolute Gasteiger partial charge is 0.493 e. The summed E-state index contributed by atoms with van der Waals surface area (Å²) in [6.07, 6.45) is 3.55. The lowest BCUT2D eigenvalue weighted by Crippen LogP contribution is -2.09. The zero-order valence-corrected chi connectivity index (χ0v) is 13.8. The standard InChI is InChI=1S/C16H12N4OS2/c1-9-11(10-4-2-3-5-12(10)19-9)8-13-14(21)20(15(17)23-13)16-18-6-7-22-16/h2-8,17,21H,1H3. The van der Waals surface area contributed by atoms with Crippen LogP contribution in [0.15, 0.2) is 40.8 Å². The highest BCUT2D eigenvalue weighted by molar-refractivity contribution is 7.13. The van der Waals surface area contributed by atoms with E-state index in [9.17, 15) is 5.11 Å². The van der Waals surface area contributed by atoms with Crippen LogP contribution >= 0.6 is 22.7 Å². The summed E-state index contributed by atoms with van der Waals surface area (Å²) in [6.45, 7) is 1.95. The molecule has 1 aromatic carbocycles. The number of thiazole rings is 2. The van der Waals surface area contributed by atoms with Crippen LogP contribution in [0.2, 0.25) is 0 Å². The first-order valence-corrected chi connectivity index (χ1v) is 8.61. The molecule has 0 saturated heterocycles. The van der Waals surface area contributed by atoms with E-state index in [1.165, 1.54) is 27.2 Å². The number of para-hydroxylation sites is 1. The Hall–Kier alpha value is -2.51. The Labute approximate surface area is 140 Å². The lowest BCUT2D eigenvalue weighted by atomic mass is 10.0. The molecule has 114 valence electrons. The van der Waals surface area contributed by atoms with E-state index in [-0.39, 0.29) is 10.7 Å². The molecule has 0 spiro atoms. The molecular weight excluding hydrogens is 328 g/mol. The minimum Gasteiger partial charge on any atom is -0.493 e. The van der Waals surface area contributed by atoms with Crippen LogP contribution in [0, 0.1) is 5.41 Å². The van der Waals surface area contributed by atoms with Crippen molar-refractivity contribution in [3.8, 4) is 11.0 Å². The number of rotatable bonds is 2. The minimum absolute atomic E-state index is 0.0413. The third kappa shape index (κ3) is 2.25. The molecule has 4 rings (SSSR count). The number of hydrogen-bond acceptors (Lipinski definition) is 6. The van der Waals surface area contributed by atoms with Gasteiger partial charge in [-0.05, 0) is 19.1 Å². The van der Waals surface area contributed by atoms with Gasteiger partial charge in [0.1, 0.15) is 0 Å². The van der Waals surface area contributed by atoms with Crippen molar-refractivity contribution in [3.63, 3.8) is 0 Å². The highest BCUT2D eigenvalue weighted by Gasteiger charge is 2.20. The zero-order chi connectivity index (χ0) is 16.0. The molecule has 2 aromatic heterocycles. The fourth-order valence-electron chi connectivity index (χ4n) is 2.55. The maximum absolute atomic E-state index is 10.5. The molecule has 2 N–H and O–H groups in total. The molecule has 3 aromatic rings. The highest BCUT2D eigenvalue weighted by Crippen LogP contribution is 2.37. The average molecular weight is 340 g/mol. The summed E-state index contributed by atoms with van der Waals surface area (Å²) in [5, 5.41) is 21.0. The first kappa shape index (κ1) is 14.1. The molecule has 3 heterocycles. The smallest absolute Gasteiger partial charge is 0.217 e. The zero-order valence-electron chi connectivity index (χ0n) is 12.1. The summed E-state index contributed by atoms with van der Waals surface area (Å²) in [5.41, 5.74) is 3.87. The minimum atomic E-state index is 0.0413. The van der Waals surface area contributed by atoms with Gasteiger partial charge < -0.3 is 5.11 Å². The third-order valence-electron chi connectivity index (χ3n) is 3.60. The van der Waals surface area contributed by atoms with Crippen molar-refractivity contribution < 1.29 is 5.11 Å².